The summed E-state index contributed by atoms with van der Waals surface area (Å²) in [5, 5.41) is 46.5. The number of nitrogens with one attached hydrogen (secondary N) is 3. The van der Waals surface area contributed by atoms with E-state index in [1.165, 1.54) is 0 Å². The molecule has 1 aliphatic rings. The quantitative estimate of drug-likeness (QED) is 0.263. The van der Waals surface area contributed by atoms with Gasteiger partial charge in [-0.25, -0.2) is 14.4 Å². The molecule has 0 spiro atoms. The van der Waals surface area contributed by atoms with Crippen LogP contribution in [0, 0.1) is 0 Å². The fraction of sp³-hybridized carbons (Fsp3) is 0.692. The van der Waals surface area contributed by atoms with Crippen LogP contribution >= 0.6 is 0 Å². The molecule has 0 aromatic rings. The van der Waals surface area contributed by atoms with Crippen LogP contribution in [0.5, 0.6) is 0 Å². The first-order valence-corrected chi connectivity index (χ1v) is 7.49. The maximum Gasteiger partial charge on any atom is 0.408 e. The average Bonchev–Trinajstić information content (AvgIpc) is 2.49. The minimum absolute atomic E-state index is 0.0496. The van der Waals surface area contributed by atoms with E-state index in [1.807, 2.05) is 0 Å². The van der Waals surface area contributed by atoms with Gasteiger partial charge in [0.05, 0.1) is 0 Å². The number of carboxylic acids is 3. The van der Waals surface area contributed by atoms with E-state index in [0.29, 0.717) is 13.1 Å². The number of rotatable bonds is 3. The van der Waals surface area contributed by atoms with Crippen LogP contribution in [0.1, 0.15) is 6.92 Å². The zero-order chi connectivity index (χ0) is 19.3. The van der Waals surface area contributed by atoms with Crippen molar-refractivity contribution in [3.05, 3.63) is 0 Å². The molecule has 1 heterocycles. The van der Waals surface area contributed by atoms with Crippen LogP contribution in [-0.4, -0.2) is 99.7 Å². The van der Waals surface area contributed by atoms with Gasteiger partial charge in [-0.3, -0.25) is 15.0 Å². The summed E-state index contributed by atoms with van der Waals surface area (Å²) in [6.45, 7) is 1.38. The zero-order valence-electron chi connectivity index (χ0n) is 13.6. The molecule has 1 rings (SSSR count). The largest absolute Gasteiger partial charge is 0.480 e. The van der Waals surface area contributed by atoms with Gasteiger partial charge in [-0.1, -0.05) is 0 Å². The lowest BCUT2D eigenvalue weighted by Crippen LogP contribution is -2.80. The SMILES string of the molecule is CC1(C(=O)O)NCCNCCNCCN(C(=O)O)C1(C(=O)O)C(=O)O. The van der Waals surface area contributed by atoms with Gasteiger partial charge in [0, 0.05) is 39.3 Å². The summed E-state index contributed by atoms with van der Waals surface area (Å²) >= 11 is 0. The molecular weight excluding hydrogens is 340 g/mol. The number of carboxylic acid groups (broad SMARTS) is 4. The Morgan fingerprint density at radius 1 is 0.800 bits per heavy atom. The summed E-state index contributed by atoms with van der Waals surface area (Å²) in [6, 6.07) is 0. The molecule has 0 radical (unpaired) electrons. The van der Waals surface area contributed by atoms with Crippen LogP contribution < -0.4 is 16.0 Å². The number of hydrogen-bond acceptors (Lipinski definition) is 7. The summed E-state index contributed by atoms with van der Waals surface area (Å²) in [6.07, 6.45) is -1.85. The summed E-state index contributed by atoms with van der Waals surface area (Å²) in [7, 11) is 0. The Kier molecular flexibility index (Phi) is 6.67. The first-order valence-electron chi connectivity index (χ1n) is 7.49. The van der Waals surface area contributed by atoms with Crippen molar-refractivity contribution in [2.24, 2.45) is 0 Å². The Labute approximate surface area is 142 Å². The van der Waals surface area contributed by atoms with Gasteiger partial charge < -0.3 is 31.1 Å². The van der Waals surface area contributed by atoms with Gasteiger partial charge in [0.25, 0.3) is 5.54 Å². The molecule has 7 N–H and O–H groups in total. The third-order valence-electron chi connectivity index (χ3n) is 4.18. The van der Waals surface area contributed by atoms with Gasteiger partial charge in [0.1, 0.15) is 0 Å². The molecule has 25 heavy (non-hydrogen) atoms. The number of carbonyl (C=O) groups is 4. The van der Waals surface area contributed by atoms with Gasteiger partial charge >= 0.3 is 24.0 Å². The fourth-order valence-electron chi connectivity index (χ4n) is 2.80. The predicted molar refractivity (Wildman–Crippen MR) is 82.5 cm³/mol. The van der Waals surface area contributed by atoms with Crippen LogP contribution in [0.2, 0.25) is 0 Å². The standard InChI is InChI=1S/C13H22N4O8/c1-12(8(18)19)13(9(20)21,10(22)23)17(11(24)25)7-6-15-3-2-14-4-5-16-12/h14-16H,2-7H2,1H3,(H,18,19)(H,20,21)(H,22,23)(H,24,25). The van der Waals surface area contributed by atoms with Crippen LogP contribution in [0.4, 0.5) is 4.79 Å². The first kappa shape index (κ1) is 20.6. The number of nitrogens with zero attached hydrogens (tertiary/aromatic N) is 1. The molecule has 0 aromatic heterocycles. The van der Waals surface area contributed by atoms with E-state index < -0.39 is 41.6 Å². The van der Waals surface area contributed by atoms with Gasteiger partial charge in [0.2, 0.25) is 0 Å². The molecule has 0 aromatic carbocycles. The molecule has 0 saturated carbocycles. The Morgan fingerprint density at radius 3 is 1.72 bits per heavy atom. The van der Waals surface area contributed by atoms with Gasteiger partial charge in [-0.2, -0.15) is 0 Å². The van der Waals surface area contributed by atoms with E-state index >= 15 is 0 Å². The van der Waals surface area contributed by atoms with Crippen LogP contribution in [0.15, 0.2) is 0 Å². The van der Waals surface area contributed by atoms with Gasteiger partial charge in [-0.05, 0) is 6.92 Å². The van der Waals surface area contributed by atoms with E-state index in [0.717, 1.165) is 6.92 Å². The second kappa shape index (κ2) is 8.09. The van der Waals surface area contributed by atoms with Crippen molar-refractivity contribution in [2.45, 2.75) is 18.0 Å². The van der Waals surface area contributed by atoms with Crippen LogP contribution in [-0.2, 0) is 14.4 Å². The number of aliphatic carboxylic acids is 3. The van der Waals surface area contributed by atoms with Crippen molar-refractivity contribution in [2.75, 3.05) is 39.3 Å². The van der Waals surface area contributed by atoms with E-state index in [-0.39, 0.29) is 24.5 Å². The molecule has 1 saturated heterocycles. The minimum atomic E-state index is -3.27. The lowest BCUT2D eigenvalue weighted by Gasteiger charge is -2.45. The highest BCUT2D eigenvalue weighted by atomic mass is 16.4. The van der Waals surface area contributed by atoms with E-state index in [2.05, 4.69) is 16.0 Å². The Balaban J connectivity index is 3.61. The summed E-state index contributed by atoms with van der Waals surface area (Å²) < 4.78 is 0. The second-order valence-corrected chi connectivity index (χ2v) is 5.61. The molecule has 0 aliphatic carbocycles. The highest BCUT2D eigenvalue weighted by Gasteiger charge is 2.69. The topological polar surface area (TPSA) is 189 Å². The average molecular weight is 362 g/mol. The van der Waals surface area contributed by atoms with Crippen molar-refractivity contribution in [1.82, 2.24) is 20.9 Å². The molecule has 0 bridgehead atoms. The van der Waals surface area contributed by atoms with Crippen molar-refractivity contribution < 1.29 is 39.6 Å². The summed E-state index contributed by atoms with van der Waals surface area (Å²) in [4.78, 5) is 47.5. The maximum absolute atomic E-state index is 11.9. The van der Waals surface area contributed by atoms with Crippen molar-refractivity contribution in [3.8, 4) is 0 Å². The summed E-state index contributed by atoms with van der Waals surface area (Å²) in [5.41, 5.74) is -5.89. The zero-order valence-corrected chi connectivity index (χ0v) is 13.6. The molecule has 12 nitrogen and oxygen atoms in total. The molecule has 1 unspecified atom stereocenters. The molecular formula is C13H22N4O8. The smallest absolute Gasteiger partial charge is 0.408 e. The third kappa shape index (κ3) is 3.65. The highest BCUT2D eigenvalue weighted by molar-refractivity contribution is 6.12. The van der Waals surface area contributed by atoms with E-state index in [1.54, 1.807) is 0 Å². The molecule has 1 aliphatic heterocycles. The lowest BCUT2D eigenvalue weighted by molar-refractivity contribution is -0.181. The van der Waals surface area contributed by atoms with Crippen molar-refractivity contribution in [3.63, 3.8) is 0 Å². The number of hydrogen-bond donors (Lipinski definition) is 7. The second-order valence-electron chi connectivity index (χ2n) is 5.61. The van der Waals surface area contributed by atoms with Crippen LogP contribution in [0.3, 0.4) is 0 Å². The molecule has 1 fully saturated rings. The minimum Gasteiger partial charge on any atom is -0.480 e. The fourth-order valence-corrected chi connectivity index (χ4v) is 2.80. The predicted octanol–water partition coefficient (Wildman–Crippen LogP) is -2.50. The molecule has 1 amide bonds. The van der Waals surface area contributed by atoms with Crippen LogP contribution in [0.25, 0.3) is 0 Å². The van der Waals surface area contributed by atoms with Gasteiger partial charge in [-0.15, -0.1) is 0 Å². The van der Waals surface area contributed by atoms with Crippen molar-refractivity contribution in [1.29, 1.82) is 0 Å². The third-order valence-corrected chi connectivity index (χ3v) is 4.18. The molecule has 12 heteroatoms. The molecule has 142 valence electrons. The summed E-state index contributed by atoms with van der Waals surface area (Å²) in [5.74, 6) is -5.98. The lowest BCUT2D eigenvalue weighted by atomic mass is 9.75. The van der Waals surface area contributed by atoms with Crippen molar-refractivity contribution >= 4 is 24.0 Å². The highest BCUT2D eigenvalue weighted by Crippen LogP contribution is 2.31. The Bertz CT molecular complexity index is 540. The van der Waals surface area contributed by atoms with E-state index in [4.69, 9.17) is 0 Å². The maximum atomic E-state index is 11.9. The Hall–Kier alpha value is -2.44. The van der Waals surface area contributed by atoms with Gasteiger partial charge in [0.15, 0.2) is 5.54 Å². The first-order chi connectivity index (χ1) is 11.6. The number of amides is 1. The molecule has 1 atom stereocenters. The monoisotopic (exact) mass is 362 g/mol. The van der Waals surface area contributed by atoms with E-state index in [9.17, 15) is 39.6 Å². The Morgan fingerprint density at radius 2 is 1.28 bits per heavy atom. The normalized spacial score (nSPS) is 25.2.